The topological polar surface area (TPSA) is 32.3 Å². The van der Waals surface area contributed by atoms with Crippen LogP contribution in [0.4, 0.5) is 0 Å². The van der Waals surface area contributed by atoms with E-state index < -0.39 is 0 Å². The van der Waals surface area contributed by atoms with Gasteiger partial charge in [-0.25, -0.2) is 0 Å². The molecule has 3 rings (SSSR count). The molecule has 17 heavy (non-hydrogen) atoms. The lowest BCUT2D eigenvalue weighted by molar-refractivity contribution is -0.131. The largest absolute Gasteiger partial charge is 0.318 e. The molecule has 2 aliphatic rings. The van der Waals surface area contributed by atoms with Crippen LogP contribution < -0.4 is 5.32 Å². The summed E-state index contributed by atoms with van der Waals surface area (Å²) in [7, 11) is 0. The molecule has 1 saturated heterocycles. The van der Waals surface area contributed by atoms with E-state index in [4.69, 9.17) is 0 Å². The first-order chi connectivity index (χ1) is 8.27. The van der Waals surface area contributed by atoms with Gasteiger partial charge in [-0.2, -0.15) is 0 Å². The first-order valence-electron chi connectivity index (χ1n) is 6.35. The molecular formula is C13H18N2OS. The average Bonchev–Trinajstić information content (AvgIpc) is 2.98. The molecule has 2 heterocycles. The van der Waals surface area contributed by atoms with Crippen molar-refractivity contribution < 1.29 is 4.79 Å². The van der Waals surface area contributed by atoms with Crippen molar-refractivity contribution in [1.82, 2.24) is 10.2 Å². The van der Waals surface area contributed by atoms with Gasteiger partial charge in [0.05, 0.1) is 6.54 Å². The first kappa shape index (κ1) is 11.2. The van der Waals surface area contributed by atoms with E-state index in [1.54, 1.807) is 11.3 Å². The molecule has 0 radical (unpaired) electrons. The van der Waals surface area contributed by atoms with Crippen molar-refractivity contribution in [1.29, 1.82) is 0 Å². The Labute approximate surface area is 106 Å². The van der Waals surface area contributed by atoms with Crippen molar-refractivity contribution in [2.75, 3.05) is 6.54 Å². The van der Waals surface area contributed by atoms with E-state index in [0.29, 0.717) is 18.5 Å². The number of hydrogen-bond acceptors (Lipinski definition) is 3. The third-order valence-corrected chi connectivity index (χ3v) is 4.92. The van der Waals surface area contributed by atoms with Gasteiger partial charge in [0.15, 0.2) is 0 Å². The van der Waals surface area contributed by atoms with E-state index in [-0.39, 0.29) is 12.1 Å². The molecule has 1 aliphatic carbocycles. The quantitative estimate of drug-likeness (QED) is 0.874. The molecule has 92 valence electrons. The zero-order valence-electron chi connectivity index (χ0n) is 10.1. The van der Waals surface area contributed by atoms with Gasteiger partial charge in [-0.3, -0.25) is 10.1 Å². The second-order valence-corrected chi connectivity index (χ2v) is 6.05. The Morgan fingerprint density at radius 3 is 3.00 bits per heavy atom. The Bertz CT molecular complexity index is 404. The summed E-state index contributed by atoms with van der Waals surface area (Å²) in [6.45, 7) is 2.76. The number of nitrogens with one attached hydrogen (secondary N) is 1. The van der Waals surface area contributed by atoms with Crippen LogP contribution in [0.3, 0.4) is 0 Å². The SMILES string of the molecule is CC1CCCC1N1C(=O)CNC1c1cccs1. The molecule has 1 aromatic heterocycles. The van der Waals surface area contributed by atoms with Crippen LogP contribution >= 0.6 is 11.3 Å². The minimum Gasteiger partial charge on any atom is -0.318 e. The van der Waals surface area contributed by atoms with Gasteiger partial charge in [0.1, 0.15) is 6.17 Å². The highest BCUT2D eigenvalue weighted by molar-refractivity contribution is 7.10. The molecule has 2 fully saturated rings. The fourth-order valence-electron chi connectivity index (χ4n) is 3.12. The minimum absolute atomic E-state index is 0.119. The molecular weight excluding hydrogens is 232 g/mol. The Morgan fingerprint density at radius 2 is 2.35 bits per heavy atom. The van der Waals surface area contributed by atoms with E-state index in [1.165, 1.54) is 17.7 Å². The Hall–Kier alpha value is -0.870. The second-order valence-electron chi connectivity index (χ2n) is 5.08. The molecule has 3 nitrogen and oxygen atoms in total. The van der Waals surface area contributed by atoms with Gasteiger partial charge in [-0.1, -0.05) is 19.4 Å². The maximum atomic E-state index is 12.1. The van der Waals surface area contributed by atoms with Crippen LogP contribution in [0.2, 0.25) is 0 Å². The van der Waals surface area contributed by atoms with Crippen LogP contribution in [-0.4, -0.2) is 23.4 Å². The maximum Gasteiger partial charge on any atom is 0.238 e. The smallest absolute Gasteiger partial charge is 0.238 e. The molecule has 0 aromatic carbocycles. The molecule has 0 bridgehead atoms. The lowest BCUT2D eigenvalue weighted by atomic mass is 10.0. The van der Waals surface area contributed by atoms with E-state index >= 15 is 0 Å². The molecule has 1 aromatic rings. The maximum absolute atomic E-state index is 12.1. The molecule has 1 aliphatic heterocycles. The van der Waals surface area contributed by atoms with E-state index in [2.05, 4.69) is 34.7 Å². The molecule has 0 spiro atoms. The summed E-state index contributed by atoms with van der Waals surface area (Å²) in [6, 6.07) is 4.61. The van der Waals surface area contributed by atoms with Crippen molar-refractivity contribution in [3.8, 4) is 0 Å². The summed E-state index contributed by atoms with van der Waals surface area (Å²) in [5, 5.41) is 5.42. The number of nitrogens with zero attached hydrogens (tertiary/aromatic N) is 1. The third-order valence-electron chi connectivity index (χ3n) is 4.00. The molecule has 1 saturated carbocycles. The summed E-state index contributed by atoms with van der Waals surface area (Å²) in [5.74, 6) is 0.906. The van der Waals surface area contributed by atoms with Crippen molar-refractivity contribution in [3.05, 3.63) is 22.4 Å². The highest BCUT2D eigenvalue weighted by Gasteiger charge is 2.40. The monoisotopic (exact) mass is 250 g/mol. The van der Waals surface area contributed by atoms with Gasteiger partial charge < -0.3 is 4.90 Å². The fraction of sp³-hybridized carbons (Fsp3) is 0.615. The van der Waals surface area contributed by atoms with E-state index in [0.717, 1.165) is 6.42 Å². The Balaban J connectivity index is 1.87. The highest BCUT2D eigenvalue weighted by Crippen LogP contribution is 2.36. The highest BCUT2D eigenvalue weighted by atomic mass is 32.1. The average molecular weight is 250 g/mol. The summed E-state index contributed by atoms with van der Waals surface area (Å²) in [4.78, 5) is 15.4. The standard InChI is InChI=1S/C13H18N2OS/c1-9-4-2-5-10(9)15-12(16)8-14-13(15)11-6-3-7-17-11/h3,6-7,9-10,13-14H,2,4-5,8H2,1H3. The zero-order chi connectivity index (χ0) is 11.8. The van der Waals surface area contributed by atoms with Gasteiger partial charge in [0.2, 0.25) is 5.91 Å². The molecule has 3 atom stereocenters. The third kappa shape index (κ3) is 1.89. The second kappa shape index (κ2) is 4.42. The normalized spacial score (nSPS) is 33.6. The van der Waals surface area contributed by atoms with Crippen LogP contribution in [0.1, 0.15) is 37.2 Å². The number of amides is 1. The van der Waals surface area contributed by atoms with Crippen molar-refractivity contribution in [2.24, 2.45) is 5.92 Å². The minimum atomic E-state index is 0.119. The number of hydrogen-bond donors (Lipinski definition) is 1. The van der Waals surface area contributed by atoms with Crippen molar-refractivity contribution in [3.63, 3.8) is 0 Å². The van der Waals surface area contributed by atoms with Crippen LogP contribution in [-0.2, 0) is 4.79 Å². The van der Waals surface area contributed by atoms with Gasteiger partial charge in [-0.05, 0) is 30.2 Å². The predicted molar refractivity (Wildman–Crippen MR) is 68.7 cm³/mol. The lowest BCUT2D eigenvalue weighted by Crippen LogP contribution is -2.40. The van der Waals surface area contributed by atoms with Gasteiger partial charge >= 0.3 is 0 Å². The summed E-state index contributed by atoms with van der Waals surface area (Å²) in [6.07, 6.45) is 3.79. The van der Waals surface area contributed by atoms with Gasteiger partial charge in [0, 0.05) is 10.9 Å². The molecule has 1 amide bonds. The summed E-state index contributed by atoms with van der Waals surface area (Å²) < 4.78 is 0. The lowest BCUT2D eigenvalue weighted by Gasteiger charge is -2.32. The van der Waals surface area contributed by atoms with E-state index in [9.17, 15) is 4.79 Å². The van der Waals surface area contributed by atoms with E-state index in [1.807, 2.05) is 0 Å². The van der Waals surface area contributed by atoms with Crippen LogP contribution in [0.15, 0.2) is 17.5 Å². The number of carbonyl (C=O) groups is 1. The van der Waals surface area contributed by atoms with Crippen LogP contribution in [0.25, 0.3) is 0 Å². The number of rotatable bonds is 2. The van der Waals surface area contributed by atoms with Crippen molar-refractivity contribution >= 4 is 17.2 Å². The Morgan fingerprint density at radius 1 is 1.47 bits per heavy atom. The number of carbonyl (C=O) groups excluding carboxylic acids is 1. The predicted octanol–water partition coefficient (Wildman–Crippen LogP) is 2.37. The molecule has 4 heteroatoms. The Kier molecular flexibility index (Phi) is 2.92. The molecule has 3 unspecified atom stereocenters. The summed E-state index contributed by atoms with van der Waals surface area (Å²) >= 11 is 1.73. The van der Waals surface area contributed by atoms with Crippen LogP contribution in [0.5, 0.6) is 0 Å². The number of thiophene rings is 1. The summed E-state index contributed by atoms with van der Waals surface area (Å²) in [5.41, 5.74) is 0. The fourth-order valence-corrected chi connectivity index (χ4v) is 3.91. The first-order valence-corrected chi connectivity index (χ1v) is 7.23. The zero-order valence-corrected chi connectivity index (χ0v) is 10.9. The van der Waals surface area contributed by atoms with Gasteiger partial charge in [-0.15, -0.1) is 11.3 Å². The van der Waals surface area contributed by atoms with Gasteiger partial charge in [0.25, 0.3) is 0 Å². The molecule has 1 N–H and O–H groups in total. The van der Waals surface area contributed by atoms with Crippen molar-refractivity contribution in [2.45, 2.75) is 38.4 Å². The van der Waals surface area contributed by atoms with Crippen LogP contribution in [0, 0.1) is 5.92 Å².